The van der Waals surface area contributed by atoms with Crippen LogP contribution < -0.4 is 5.73 Å². The zero-order valence-electron chi connectivity index (χ0n) is 11.6. The predicted molar refractivity (Wildman–Crippen MR) is 73.2 cm³/mol. The molecule has 22 heavy (non-hydrogen) atoms. The third kappa shape index (κ3) is 1.85. The quantitative estimate of drug-likeness (QED) is 0.704. The Morgan fingerprint density at radius 1 is 1.59 bits per heavy atom. The number of nitrogens with two attached hydrogens (primary N) is 1. The molecule has 0 amide bonds. The number of anilines is 1. The Bertz CT molecular complexity index is 769. The molecule has 3 heterocycles. The van der Waals surface area contributed by atoms with Crippen molar-refractivity contribution >= 4 is 16.9 Å². The lowest BCUT2D eigenvalue weighted by molar-refractivity contribution is -0.0564. The lowest BCUT2D eigenvalue weighted by Gasteiger charge is -2.25. The van der Waals surface area contributed by atoms with Crippen LogP contribution >= 0.6 is 0 Å². The first kappa shape index (κ1) is 14.6. The Hall–Kier alpha value is -2.28. The second-order valence-corrected chi connectivity index (χ2v) is 5.32. The molecule has 1 aliphatic heterocycles. The van der Waals surface area contributed by atoms with Crippen LogP contribution in [0.15, 0.2) is 12.5 Å². The SMILES string of the molecule is C[C@@]1(F)[C@H](O)[C@@H](CO)O[C@H]1n1cc(C#N)c2c(N)ncnc21. The molecule has 0 aliphatic carbocycles. The standard InChI is InChI=1S/C13H14FN5O3/c1-13(14)9(21)7(4-20)22-12(13)19-3-6(2-15)8-10(16)17-5-18-11(8)19/h3,5,7,9,12,20-21H,4H2,1H3,(H2,16,17,18)/t7-,9-,12-,13-/m1/s1. The van der Waals surface area contributed by atoms with Crippen LogP contribution in [0.2, 0.25) is 0 Å². The predicted octanol–water partition coefficient (Wildman–Crippen LogP) is -0.136. The van der Waals surface area contributed by atoms with Gasteiger partial charge in [0, 0.05) is 6.20 Å². The minimum absolute atomic E-state index is 0.0955. The van der Waals surface area contributed by atoms with E-state index in [1.807, 2.05) is 6.07 Å². The minimum Gasteiger partial charge on any atom is -0.394 e. The van der Waals surface area contributed by atoms with E-state index in [1.165, 1.54) is 24.0 Å². The van der Waals surface area contributed by atoms with Gasteiger partial charge in [-0.05, 0) is 6.92 Å². The van der Waals surface area contributed by atoms with Gasteiger partial charge in [0.2, 0.25) is 0 Å². The first-order valence-corrected chi connectivity index (χ1v) is 6.56. The molecule has 3 rings (SSSR count). The number of hydrogen-bond acceptors (Lipinski definition) is 7. The number of fused-ring (bicyclic) bond motifs is 1. The molecule has 0 aromatic carbocycles. The molecule has 4 atom stereocenters. The van der Waals surface area contributed by atoms with E-state index in [-0.39, 0.29) is 17.0 Å². The van der Waals surface area contributed by atoms with E-state index in [1.54, 1.807) is 0 Å². The van der Waals surface area contributed by atoms with E-state index < -0.39 is 30.7 Å². The van der Waals surface area contributed by atoms with E-state index in [0.717, 1.165) is 0 Å². The molecule has 2 aromatic heterocycles. The molecule has 0 bridgehead atoms. The molecular formula is C13H14FN5O3. The van der Waals surface area contributed by atoms with E-state index >= 15 is 0 Å². The number of nitrogen functional groups attached to an aromatic ring is 1. The molecule has 4 N–H and O–H groups in total. The summed E-state index contributed by atoms with van der Waals surface area (Å²) in [6.07, 6.45) is -1.28. The van der Waals surface area contributed by atoms with Gasteiger partial charge >= 0.3 is 0 Å². The zero-order chi connectivity index (χ0) is 16.1. The Kier molecular flexibility index (Phi) is 3.25. The number of alkyl halides is 1. The molecule has 9 heteroatoms. The maximum atomic E-state index is 14.9. The molecule has 0 unspecified atom stereocenters. The third-order valence-electron chi connectivity index (χ3n) is 3.91. The average Bonchev–Trinajstić information content (AvgIpc) is 2.97. The number of aromatic nitrogens is 3. The van der Waals surface area contributed by atoms with Crippen LogP contribution in [0.5, 0.6) is 0 Å². The van der Waals surface area contributed by atoms with Crippen LogP contribution in [0.25, 0.3) is 11.0 Å². The largest absolute Gasteiger partial charge is 0.394 e. The topological polar surface area (TPSA) is 130 Å². The average molecular weight is 307 g/mol. The summed E-state index contributed by atoms with van der Waals surface area (Å²) < 4.78 is 21.6. The summed E-state index contributed by atoms with van der Waals surface area (Å²) >= 11 is 0. The number of ether oxygens (including phenoxy) is 1. The van der Waals surface area contributed by atoms with Gasteiger partial charge in [0.1, 0.15) is 36.1 Å². The van der Waals surface area contributed by atoms with Crippen LogP contribution in [0.3, 0.4) is 0 Å². The van der Waals surface area contributed by atoms with Crippen LogP contribution in [-0.2, 0) is 4.74 Å². The van der Waals surface area contributed by atoms with Gasteiger partial charge in [0.25, 0.3) is 0 Å². The van der Waals surface area contributed by atoms with Crippen LogP contribution in [-0.4, -0.2) is 49.2 Å². The van der Waals surface area contributed by atoms with Crippen molar-refractivity contribution in [1.82, 2.24) is 14.5 Å². The second-order valence-electron chi connectivity index (χ2n) is 5.32. The van der Waals surface area contributed by atoms with Crippen molar-refractivity contribution in [3.05, 3.63) is 18.1 Å². The Labute approximate surface area is 124 Å². The number of nitriles is 1. The highest BCUT2D eigenvalue weighted by Crippen LogP contribution is 2.43. The lowest BCUT2D eigenvalue weighted by atomic mass is 9.98. The van der Waals surface area contributed by atoms with Gasteiger partial charge in [-0.15, -0.1) is 0 Å². The number of hydrogen-bond donors (Lipinski definition) is 3. The number of rotatable bonds is 2. The molecule has 116 valence electrons. The summed E-state index contributed by atoms with van der Waals surface area (Å²) in [5.41, 5.74) is 3.98. The molecule has 8 nitrogen and oxygen atoms in total. The van der Waals surface area contributed by atoms with Gasteiger partial charge in [-0.25, -0.2) is 14.4 Å². The summed E-state index contributed by atoms with van der Waals surface area (Å²) in [5, 5.41) is 28.6. The first-order chi connectivity index (χ1) is 10.4. The van der Waals surface area contributed by atoms with Gasteiger partial charge in [-0.2, -0.15) is 5.26 Å². The summed E-state index contributed by atoms with van der Waals surface area (Å²) in [6, 6.07) is 1.95. The smallest absolute Gasteiger partial charge is 0.181 e. The number of halogens is 1. The van der Waals surface area contributed by atoms with Gasteiger partial charge in [0.15, 0.2) is 11.9 Å². The fourth-order valence-corrected chi connectivity index (χ4v) is 2.73. The van der Waals surface area contributed by atoms with Crippen LogP contribution in [0, 0.1) is 11.3 Å². The second kappa shape index (κ2) is 4.88. The summed E-state index contributed by atoms with van der Waals surface area (Å²) in [7, 11) is 0. The monoisotopic (exact) mass is 307 g/mol. The lowest BCUT2D eigenvalue weighted by Crippen LogP contribution is -2.40. The highest BCUT2D eigenvalue weighted by molar-refractivity contribution is 5.92. The maximum absolute atomic E-state index is 14.9. The van der Waals surface area contributed by atoms with Crippen molar-refractivity contribution in [2.24, 2.45) is 0 Å². The third-order valence-corrected chi connectivity index (χ3v) is 3.91. The van der Waals surface area contributed by atoms with Crippen molar-refractivity contribution in [3.63, 3.8) is 0 Å². The molecule has 1 fully saturated rings. The Morgan fingerprint density at radius 3 is 2.91 bits per heavy atom. The fraction of sp³-hybridized carbons (Fsp3) is 0.462. The normalized spacial score (nSPS) is 31.5. The summed E-state index contributed by atoms with van der Waals surface area (Å²) in [6.45, 7) is 0.638. The zero-order valence-corrected chi connectivity index (χ0v) is 11.6. The van der Waals surface area contributed by atoms with E-state index in [9.17, 15) is 19.9 Å². The van der Waals surface area contributed by atoms with E-state index in [2.05, 4.69) is 9.97 Å². The molecular weight excluding hydrogens is 293 g/mol. The van der Waals surface area contributed by atoms with Gasteiger partial charge in [-0.3, -0.25) is 0 Å². The van der Waals surface area contributed by atoms with Crippen molar-refractivity contribution in [2.75, 3.05) is 12.3 Å². The van der Waals surface area contributed by atoms with Crippen molar-refractivity contribution in [1.29, 1.82) is 5.26 Å². The summed E-state index contributed by atoms with van der Waals surface area (Å²) in [5.74, 6) is 0.0955. The molecule has 0 saturated carbocycles. The van der Waals surface area contributed by atoms with Crippen molar-refractivity contribution < 1.29 is 19.3 Å². The van der Waals surface area contributed by atoms with Crippen LogP contribution in [0.1, 0.15) is 18.7 Å². The van der Waals surface area contributed by atoms with E-state index in [4.69, 9.17) is 10.5 Å². The Morgan fingerprint density at radius 2 is 2.32 bits per heavy atom. The molecule has 0 spiro atoms. The van der Waals surface area contributed by atoms with Crippen molar-refractivity contribution in [3.8, 4) is 6.07 Å². The maximum Gasteiger partial charge on any atom is 0.181 e. The van der Waals surface area contributed by atoms with E-state index in [0.29, 0.717) is 5.39 Å². The van der Waals surface area contributed by atoms with Crippen LogP contribution in [0.4, 0.5) is 10.2 Å². The van der Waals surface area contributed by atoms with Gasteiger partial charge in [0.05, 0.1) is 17.6 Å². The first-order valence-electron chi connectivity index (χ1n) is 6.56. The minimum atomic E-state index is -2.17. The fourth-order valence-electron chi connectivity index (χ4n) is 2.73. The van der Waals surface area contributed by atoms with Gasteiger partial charge in [-0.1, -0.05) is 0 Å². The molecule has 2 aromatic rings. The molecule has 0 radical (unpaired) electrons. The number of aliphatic hydroxyl groups excluding tert-OH is 2. The molecule has 1 aliphatic rings. The number of nitrogens with zero attached hydrogens (tertiary/aromatic N) is 4. The highest BCUT2D eigenvalue weighted by atomic mass is 19.1. The van der Waals surface area contributed by atoms with Gasteiger partial charge < -0.3 is 25.3 Å². The Balaban J connectivity index is 2.20. The van der Waals surface area contributed by atoms with Crippen molar-refractivity contribution in [2.45, 2.75) is 31.0 Å². The summed E-state index contributed by atoms with van der Waals surface area (Å²) in [4.78, 5) is 7.84. The molecule has 1 saturated heterocycles. The highest BCUT2D eigenvalue weighted by Gasteiger charge is 2.55. The number of aliphatic hydroxyl groups is 2.